The predicted octanol–water partition coefficient (Wildman–Crippen LogP) is 6.03. The topological polar surface area (TPSA) is 107 Å². The van der Waals surface area contributed by atoms with Gasteiger partial charge >= 0.3 is 5.97 Å². The second-order valence-corrected chi connectivity index (χ2v) is 9.79. The number of methoxy groups -OCH3 is 2. The molecule has 3 aromatic rings. The number of hydrogen-bond donors (Lipinski definition) is 2. The summed E-state index contributed by atoms with van der Waals surface area (Å²) in [6.07, 6.45) is 2.29. The molecule has 1 amide bonds. The van der Waals surface area contributed by atoms with Crippen molar-refractivity contribution in [3.8, 4) is 17.0 Å². The van der Waals surface area contributed by atoms with Crippen molar-refractivity contribution in [1.82, 2.24) is 4.98 Å². The van der Waals surface area contributed by atoms with Gasteiger partial charge in [0, 0.05) is 41.4 Å². The molecule has 0 unspecified atom stereocenters. The number of thiazole rings is 1. The number of halogens is 2. The fraction of sp³-hybridized carbons (Fsp3) is 0.321. The van der Waals surface area contributed by atoms with Crippen LogP contribution in [0.15, 0.2) is 41.5 Å². The van der Waals surface area contributed by atoms with Crippen molar-refractivity contribution in [3.05, 3.63) is 69.8 Å². The highest BCUT2D eigenvalue weighted by molar-refractivity contribution is 7.14. The van der Waals surface area contributed by atoms with Crippen molar-refractivity contribution in [2.24, 2.45) is 5.92 Å². The van der Waals surface area contributed by atoms with Crippen molar-refractivity contribution < 1.29 is 37.7 Å². The van der Waals surface area contributed by atoms with Crippen LogP contribution in [0.3, 0.4) is 0 Å². The number of amides is 1. The van der Waals surface area contributed by atoms with E-state index < -0.39 is 34.8 Å². The summed E-state index contributed by atoms with van der Waals surface area (Å²) in [6.45, 7) is 5.56. The molecule has 0 saturated heterocycles. The van der Waals surface area contributed by atoms with E-state index in [0.717, 1.165) is 54.5 Å². The zero-order valence-electron chi connectivity index (χ0n) is 22.0. The number of aryl methyl sites for hydroxylation is 1. The molecule has 0 saturated carbocycles. The van der Waals surface area contributed by atoms with E-state index in [0.29, 0.717) is 36.7 Å². The van der Waals surface area contributed by atoms with E-state index in [4.69, 9.17) is 14.6 Å². The molecular formula is C28H30F2N2O6S. The van der Waals surface area contributed by atoms with Crippen LogP contribution in [0.5, 0.6) is 5.75 Å². The Morgan fingerprint density at radius 2 is 1.90 bits per heavy atom. The number of aliphatic carboxylic acids is 1. The second-order valence-electron chi connectivity index (χ2n) is 8.93. The van der Waals surface area contributed by atoms with Crippen LogP contribution in [0.2, 0.25) is 0 Å². The first-order chi connectivity index (χ1) is 18.6. The molecule has 0 spiro atoms. The maximum Gasteiger partial charge on any atom is 0.371 e. The first kappa shape index (κ1) is 29.7. The third kappa shape index (κ3) is 7.84. The summed E-state index contributed by atoms with van der Waals surface area (Å²) in [5, 5.41) is 13.5. The summed E-state index contributed by atoms with van der Waals surface area (Å²) in [6, 6.07) is 7.37. The monoisotopic (exact) mass is 560 g/mol. The normalized spacial score (nSPS) is 11.5. The highest BCUT2D eigenvalue weighted by atomic mass is 32.1. The van der Waals surface area contributed by atoms with Crippen LogP contribution in [-0.2, 0) is 20.7 Å². The molecule has 0 fully saturated rings. The van der Waals surface area contributed by atoms with E-state index >= 15 is 0 Å². The first-order valence-electron chi connectivity index (χ1n) is 12.1. The van der Waals surface area contributed by atoms with Gasteiger partial charge in [0.05, 0.1) is 19.9 Å². The summed E-state index contributed by atoms with van der Waals surface area (Å²) in [5.41, 5.74) is 1.38. The lowest BCUT2D eigenvalue weighted by Gasteiger charge is -2.13. The zero-order chi connectivity index (χ0) is 28.5. The van der Waals surface area contributed by atoms with E-state index in [9.17, 15) is 18.4 Å². The second kappa shape index (κ2) is 13.8. The highest BCUT2D eigenvalue weighted by Crippen LogP contribution is 2.35. The molecule has 11 heteroatoms. The van der Waals surface area contributed by atoms with Crippen molar-refractivity contribution >= 4 is 34.4 Å². The number of ether oxygens (including phenoxy) is 3. The summed E-state index contributed by atoms with van der Waals surface area (Å²) in [4.78, 5) is 28.2. The number of carbonyl (C=O) groups excluding carboxylic acids is 1. The number of carbonyl (C=O) groups is 2. The van der Waals surface area contributed by atoms with Gasteiger partial charge in [-0.15, -0.1) is 11.3 Å². The Bertz CT molecular complexity index is 1330. The quantitative estimate of drug-likeness (QED) is 0.149. The van der Waals surface area contributed by atoms with Gasteiger partial charge in [-0.05, 0) is 42.5 Å². The fourth-order valence-corrected chi connectivity index (χ4v) is 4.43. The van der Waals surface area contributed by atoms with E-state index in [-0.39, 0.29) is 10.7 Å². The van der Waals surface area contributed by atoms with Crippen LogP contribution < -0.4 is 10.1 Å². The molecule has 0 aliphatic rings. The number of benzene rings is 2. The van der Waals surface area contributed by atoms with Crippen molar-refractivity contribution in [2.45, 2.75) is 26.7 Å². The predicted molar refractivity (Wildman–Crippen MR) is 145 cm³/mol. The van der Waals surface area contributed by atoms with Gasteiger partial charge in [-0.25, -0.2) is 18.6 Å². The van der Waals surface area contributed by atoms with Crippen molar-refractivity contribution in [3.63, 3.8) is 0 Å². The molecule has 0 radical (unpaired) electrons. The highest BCUT2D eigenvalue weighted by Gasteiger charge is 2.19. The Morgan fingerprint density at radius 3 is 2.51 bits per heavy atom. The van der Waals surface area contributed by atoms with Crippen LogP contribution in [0.1, 0.15) is 41.8 Å². The Morgan fingerprint density at radius 1 is 1.18 bits per heavy atom. The molecule has 208 valence electrons. The molecule has 39 heavy (non-hydrogen) atoms. The lowest BCUT2D eigenvalue weighted by molar-refractivity contribution is -0.135. The number of carboxylic acid groups (broad SMARTS) is 1. The average Bonchev–Trinajstić information content (AvgIpc) is 3.35. The smallest absolute Gasteiger partial charge is 0.371 e. The zero-order valence-corrected chi connectivity index (χ0v) is 22.9. The van der Waals surface area contributed by atoms with Crippen molar-refractivity contribution in [2.75, 3.05) is 32.8 Å². The molecule has 2 aromatic carbocycles. The Hall–Kier alpha value is -3.83. The van der Waals surface area contributed by atoms with Crippen LogP contribution in [-0.4, -0.2) is 49.4 Å². The molecular weight excluding hydrogens is 530 g/mol. The van der Waals surface area contributed by atoms with Gasteiger partial charge < -0.3 is 19.3 Å². The maximum absolute atomic E-state index is 14.5. The number of nitrogens with zero attached hydrogens (tertiary/aromatic N) is 1. The molecule has 0 bridgehead atoms. The van der Waals surface area contributed by atoms with Gasteiger partial charge in [0.25, 0.3) is 5.91 Å². The summed E-state index contributed by atoms with van der Waals surface area (Å²) in [5.74, 6) is -4.01. The number of para-hydroxylation sites is 1. The number of carboxylic acids is 1. The Balaban J connectivity index is 1.75. The molecule has 0 aliphatic carbocycles. The minimum absolute atomic E-state index is 0.224. The molecule has 2 N–H and O–H groups in total. The summed E-state index contributed by atoms with van der Waals surface area (Å²) >= 11 is 1.15. The van der Waals surface area contributed by atoms with Gasteiger partial charge in [-0.1, -0.05) is 26.0 Å². The van der Waals surface area contributed by atoms with Crippen LogP contribution >= 0.6 is 11.3 Å². The number of nitrogens with one attached hydrogen (secondary N) is 1. The van der Waals surface area contributed by atoms with E-state index in [1.807, 2.05) is 18.2 Å². The summed E-state index contributed by atoms with van der Waals surface area (Å²) in [7, 11) is 2.65. The minimum atomic E-state index is -1.49. The molecule has 1 heterocycles. The first-order valence-corrected chi connectivity index (χ1v) is 13.0. The van der Waals surface area contributed by atoms with Crippen LogP contribution in [0.25, 0.3) is 17.3 Å². The lowest BCUT2D eigenvalue weighted by atomic mass is 10.0. The maximum atomic E-state index is 14.5. The molecule has 0 aliphatic heterocycles. The molecule has 1 aromatic heterocycles. The van der Waals surface area contributed by atoms with Gasteiger partial charge in [0.15, 0.2) is 5.13 Å². The van der Waals surface area contributed by atoms with Crippen LogP contribution in [0.4, 0.5) is 13.9 Å². The number of aromatic nitrogens is 1. The van der Waals surface area contributed by atoms with E-state index in [1.165, 1.54) is 0 Å². The third-order valence-corrected chi connectivity index (χ3v) is 6.29. The SMILES string of the molecule is CO/C(=C/c1c(F)cc(C(=O)Nc2nc(-c3cccc(CCCOCC(C)C)c3OC)cs2)cc1F)C(=O)O. The van der Waals surface area contributed by atoms with E-state index in [2.05, 4.69) is 28.9 Å². The minimum Gasteiger partial charge on any atom is -0.496 e. The largest absolute Gasteiger partial charge is 0.496 e. The van der Waals surface area contributed by atoms with Gasteiger partial charge in [0.1, 0.15) is 17.4 Å². The molecule has 8 nitrogen and oxygen atoms in total. The van der Waals surface area contributed by atoms with Gasteiger partial charge in [-0.3, -0.25) is 10.1 Å². The fourth-order valence-electron chi connectivity index (χ4n) is 3.72. The number of hydrogen-bond acceptors (Lipinski definition) is 7. The molecule has 0 atom stereocenters. The Kier molecular flexibility index (Phi) is 10.5. The van der Waals surface area contributed by atoms with Crippen LogP contribution in [0, 0.1) is 17.6 Å². The summed E-state index contributed by atoms with van der Waals surface area (Å²) < 4.78 is 45.0. The standard InChI is InChI=1S/C28H30F2N2O6S/c1-16(2)14-38-10-6-8-17-7-5-9-19(25(17)37-4)23-15-39-28(31-23)32-26(33)18-11-21(29)20(22(30)12-18)13-24(36-3)27(34)35/h5,7,9,11-13,15-16H,6,8,10,14H2,1-4H3,(H,34,35)(H,31,32,33)/b24-13+. The van der Waals surface area contributed by atoms with Gasteiger partial charge in [-0.2, -0.15) is 0 Å². The van der Waals surface area contributed by atoms with E-state index in [1.54, 1.807) is 12.5 Å². The third-order valence-electron chi connectivity index (χ3n) is 5.53. The average molecular weight is 561 g/mol. The molecule has 3 rings (SSSR count). The number of rotatable bonds is 13. The van der Waals surface area contributed by atoms with Gasteiger partial charge in [0.2, 0.25) is 5.76 Å². The van der Waals surface area contributed by atoms with Crippen molar-refractivity contribution in [1.29, 1.82) is 0 Å². The number of anilines is 1. The lowest BCUT2D eigenvalue weighted by Crippen LogP contribution is -2.13. The Labute approximate surface area is 229 Å².